The minimum Gasteiger partial charge on any atom is -0.322 e. The van der Waals surface area contributed by atoms with Crippen LogP contribution >= 0.6 is 35.0 Å². The molecular weight excluding hydrogens is 439 g/mol. The fourth-order valence-corrected chi connectivity index (χ4v) is 4.74. The van der Waals surface area contributed by atoms with Gasteiger partial charge in [0.25, 0.3) is 5.91 Å². The van der Waals surface area contributed by atoms with Crippen molar-refractivity contribution in [2.24, 2.45) is 0 Å². The highest BCUT2D eigenvalue weighted by Gasteiger charge is 2.32. The van der Waals surface area contributed by atoms with E-state index in [4.69, 9.17) is 23.2 Å². The molecule has 1 fully saturated rings. The van der Waals surface area contributed by atoms with Crippen molar-refractivity contribution in [2.75, 3.05) is 11.1 Å². The van der Waals surface area contributed by atoms with Gasteiger partial charge in [0.05, 0.1) is 15.8 Å². The van der Waals surface area contributed by atoms with Crippen molar-refractivity contribution in [3.63, 3.8) is 0 Å². The number of thioether (sulfide) groups is 1. The number of benzene rings is 3. The van der Waals surface area contributed by atoms with E-state index in [1.165, 1.54) is 0 Å². The van der Waals surface area contributed by atoms with Crippen LogP contribution in [-0.2, 0) is 11.3 Å². The van der Waals surface area contributed by atoms with Crippen LogP contribution in [0, 0.1) is 0 Å². The lowest BCUT2D eigenvalue weighted by atomic mass is 10.1. The van der Waals surface area contributed by atoms with Gasteiger partial charge in [0.15, 0.2) is 0 Å². The van der Waals surface area contributed by atoms with Crippen LogP contribution in [0.2, 0.25) is 10.0 Å². The molecular formula is C23H18Cl2N2O2S. The number of carbonyl (C=O) groups is 2. The molecule has 1 aliphatic heterocycles. The topological polar surface area (TPSA) is 49.4 Å². The average molecular weight is 457 g/mol. The quantitative estimate of drug-likeness (QED) is 0.510. The second-order valence-corrected chi connectivity index (χ2v) is 8.76. The van der Waals surface area contributed by atoms with Crippen LogP contribution in [0.3, 0.4) is 0 Å². The number of hydrogen-bond donors (Lipinski definition) is 1. The number of nitrogens with zero attached hydrogens (tertiary/aromatic N) is 1. The summed E-state index contributed by atoms with van der Waals surface area (Å²) in [5.41, 5.74) is 3.18. The Hall–Kier alpha value is -2.47. The van der Waals surface area contributed by atoms with Crippen molar-refractivity contribution < 1.29 is 9.59 Å². The highest BCUT2D eigenvalue weighted by Crippen LogP contribution is 2.39. The van der Waals surface area contributed by atoms with E-state index in [1.807, 2.05) is 47.4 Å². The van der Waals surface area contributed by atoms with Crippen molar-refractivity contribution >= 4 is 52.5 Å². The Kier molecular flexibility index (Phi) is 6.32. The lowest BCUT2D eigenvalue weighted by molar-refractivity contribution is -0.128. The van der Waals surface area contributed by atoms with E-state index in [1.54, 1.807) is 42.1 Å². The first kappa shape index (κ1) is 20.8. The predicted molar refractivity (Wildman–Crippen MR) is 123 cm³/mol. The lowest BCUT2D eigenvalue weighted by Gasteiger charge is -2.24. The second kappa shape index (κ2) is 9.13. The summed E-state index contributed by atoms with van der Waals surface area (Å²) in [6.45, 7) is 0.566. The van der Waals surface area contributed by atoms with Crippen molar-refractivity contribution in [2.45, 2.75) is 11.9 Å². The number of carbonyl (C=O) groups excluding carboxylic acids is 2. The summed E-state index contributed by atoms with van der Waals surface area (Å²) in [7, 11) is 0. The van der Waals surface area contributed by atoms with Gasteiger partial charge in [-0.25, -0.2) is 0 Å². The summed E-state index contributed by atoms with van der Waals surface area (Å²) in [4.78, 5) is 26.8. The molecule has 0 saturated carbocycles. The van der Waals surface area contributed by atoms with E-state index in [9.17, 15) is 9.59 Å². The van der Waals surface area contributed by atoms with Crippen LogP contribution in [0.4, 0.5) is 5.69 Å². The summed E-state index contributed by atoms with van der Waals surface area (Å²) in [6, 6.07) is 22.2. The zero-order valence-electron chi connectivity index (χ0n) is 15.8. The molecule has 4 rings (SSSR count). The first-order chi connectivity index (χ1) is 14.5. The molecule has 0 spiro atoms. The highest BCUT2D eigenvalue weighted by atomic mass is 35.5. The molecule has 4 nitrogen and oxygen atoms in total. The molecule has 152 valence electrons. The molecule has 30 heavy (non-hydrogen) atoms. The first-order valence-corrected chi connectivity index (χ1v) is 11.1. The summed E-state index contributed by atoms with van der Waals surface area (Å²) >= 11 is 13.5. The van der Waals surface area contributed by atoms with E-state index in [0.29, 0.717) is 33.6 Å². The molecule has 0 aliphatic carbocycles. The van der Waals surface area contributed by atoms with Gasteiger partial charge in [-0.05, 0) is 41.5 Å². The molecule has 1 heterocycles. The molecule has 1 aliphatic rings. The molecule has 1 saturated heterocycles. The van der Waals surface area contributed by atoms with E-state index in [-0.39, 0.29) is 17.2 Å². The third kappa shape index (κ3) is 4.64. The third-order valence-electron chi connectivity index (χ3n) is 4.80. The van der Waals surface area contributed by atoms with Crippen molar-refractivity contribution in [1.29, 1.82) is 0 Å². The van der Waals surface area contributed by atoms with Crippen molar-refractivity contribution in [1.82, 2.24) is 4.90 Å². The highest BCUT2D eigenvalue weighted by molar-refractivity contribution is 8.00. The van der Waals surface area contributed by atoms with Gasteiger partial charge in [0.2, 0.25) is 5.91 Å². The van der Waals surface area contributed by atoms with Crippen LogP contribution in [-0.4, -0.2) is 22.5 Å². The van der Waals surface area contributed by atoms with Crippen LogP contribution in [0.1, 0.15) is 26.9 Å². The zero-order chi connectivity index (χ0) is 21.1. The van der Waals surface area contributed by atoms with Gasteiger partial charge in [-0.2, -0.15) is 0 Å². The second-order valence-electron chi connectivity index (χ2n) is 6.88. The van der Waals surface area contributed by atoms with E-state index < -0.39 is 0 Å². The van der Waals surface area contributed by atoms with Gasteiger partial charge in [0.1, 0.15) is 5.37 Å². The maximum Gasteiger partial charge on any atom is 0.255 e. The third-order valence-corrected chi connectivity index (χ3v) is 6.79. The molecule has 1 atom stereocenters. The van der Waals surface area contributed by atoms with Gasteiger partial charge in [-0.1, -0.05) is 65.7 Å². The lowest BCUT2D eigenvalue weighted by Crippen LogP contribution is -2.27. The zero-order valence-corrected chi connectivity index (χ0v) is 18.2. The molecule has 1 N–H and O–H groups in total. The van der Waals surface area contributed by atoms with Gasteiger partial charge in [-0.3, -0.25) is 9.59 Å². The summed E-state index contributed by atoms with van der Waals surface area (Å²) in [6.07, 6.45) is 0. The monoisotopic (exact) mass is 456 g/mol. The van der Waals surface area contributed by atoms with E-state index in [0.717, 1.165) is 11.1 Å². The van der Waals surface area contributed by atoms with Crippen LogP contribution < -0.4 is 5.32 Å². The largest absolute Gasteiger partial charge is 0.322 e. The molecule has 2 amide bonds. The Morgan fingerprint density at radius 2 is 1.73 bits per heavy atom. The van der Waals surface area contributed by atoms with Crippen LogP contribution in [0.5, 0.6) is 0 Å². The Bertz CT molecular complexity index is 1070. The Morgan fingerprint density at radius 1 is 1.00 bits per heavy atom. The summed E-state index contributed by atoms with van der Waals surface area (Å²) in [5.74, 6) is 0.336. The molecule has 1 unspecified atom stereocenters. The minimum absolute atomic E-state index is 0.0649. The molecule has 7 heteroatoms. The normalized spacial score (nSPS) is 16.0. The number of nitrogens with one attached hydrogen (secondary N) is 1. The molecule has 0 aromatic heterocycles. The van der Waals surface area contributed by atoms with E-state index in [2.05, 4.69) is 5.32 Å². The molecule has 0 bridgehead atoms. The van der Waals surface area contributed by atoms with E-state index >= 15 is 0 Å². The Balaban J connectivity index is 1.47. The van der Waals surface area contributed by atoms with Gasteiger partial charge in [-0.15, -0.1) is 11.8 Å². The first-order valence-electron chi connectivity index (χ1n) is 9.32. The molecule has 3 aromatic rings. The van der Waals surface area contributed by atoms with Crippen LogP contribution in [0.25, 0.3) is 0 Å². The fourth-order valence-electron chi connectivity index (χ4n) is 3.26. The van der Waals surface area contributed by atoms with Gasteiger partial charge < -0.3 is 10.2 Å². The minimum atomic E-state index is -0.240. The standard InChI is InChI=1S/C23H18Cl2N2O2S/c24-19-11-10-18(12-20(19)25)26-22(29)16-6-8-17(9-7-16)23-27(21(28)14-30-23)13-15-4-2-1-3-5-15/h1-12,23H,13-14H2,(H,26,29). The fraction of sp³-hybridized carbons (Fsp3) is 0.130. The molecule has 3 aromatic carbocycles. The average Bonchev–Trinajstić information content (AvgIpc) is 3.12. The smallest absolute Gasteiger partial charge is 0.255 e. The van der Waals surface area contributed by atoms with Crippen molar-refractivity contribution in [3.8, 4) is 0 Å². The van der Waals surface area contributed by atoms with Gasteiger partial charge >= 0.3 is 0 Å². The number of halogens is 2. The van der Waals surface area contributed by atoms with Gasteiger partial charge in [0, 0.05) is 17.8 Å². The number of rotatable bonds is 5. The molecule has 0 radical (unpaired) electrons. The maximum atomic E-state index is 12.5. The number of hydrogen-bond acceptors (Lipinski definition) is 3. The SMILES string of the molecule is O=C(Nc1ccc(Cl)c(Cl)c1)c1ccc(C2SCC(=O)N2Cc2ccccc2)cc1. The van der Waals surface area contributed by atoms with Crippen molar-refractivity contribution in [3.05, 3.63) is 99.5 Å². The number of amides is 2. The predicted octanol–water partition coefficient (Wildman–Crippen LogP) is 6.02. The summed E-state index contributed by atoms with van der Waals surface area (Å²) < 4.78 is 0. The Morgan fingerprint density at radius 3 is 2.43 bits per heavy atom. The Labute approximate surface area is 189 Å². The maximum absolute atomic E-state index is 12.5. The van der Waals surface area contributed by atoms with Crippen LogP contribution in [0.15, 0.2) is 72.8 Å². The summed E-state index contributed by atoms with van der Waals surface area (Å²) in [5, 5.41) is 3.56. The number of anilines is 1.